The van der Waals surface area contributed by atoms with Crippen LogP contribution in [0.3, 0.4) is 0 Å². The molecule has 0 amide bonds. The average molecular weight is 286 g/mol. The second-order valence-electron chi connectivity index (χ2n) is 5.16. The van der Waals surface area contributed by atoms with Gasteiger partial charge in [-0.2, -0.15) is 0 Å². The number of hydrogen-bond donors (Lipinski definition) is 1. The van der Waals surface area contributed by atoms with Crippen LogP contribution >= 0.6 is 0 Å². The van der Waals surface area contributed by atoms with Gasteiger partial charge in [0.2, 0.25) is 6.79 Å². The molecule has 0 radical (unpaired) electrons. The van der Waals surface area contributed by atoms with Crippen LogP contribution in [0, 0.1) is 5.82 Å². The fraction of sp³-hybridized carbons (Fsp3) is 0.250. The van der Waals surface area contributed by atoms with Crippen molar-refractivity contribution in [2.45, 2.75) is 6.54 Å². The van der Waals surface area contributed by atoms with Gasteiger partial charge in [-0.3, -0.25) is 0 Å². The highest BCUT2D eigenvalue weighted by molar-refractivity contribution is 5.77. The summed E-state index contributed by atoms with van der Waals surface area (Å²) in [5.41, 5.74) is 2.72. The molecular weight excluding hydrogens is 271 g/mol. The summed E-state index contributed by atoms with van der Waals surface area (Å²) >= 11 is 0. The normalized spacial score (nSPS) is 15.6. The monoisotopic (exact) mass is 286 g/mol. The third-order valence-electron chi connectivity index (χ3n) is 3.85. The number of fused-ring (bicyclic) bond motifs is 2. The van der Waals surface area contributed by atoms with Crippen molar-refractivity contribution in [3.63, 3.8) is 0 Å². The van der Waals surface area contributed by atoms with Crippen molar-refractivity contribution in [3.05, 3.63) is 47.8 Å². The maximum absolute atomic E-state index is 13.9. The number of benzene rings is 2. The van der Waals surface area contributed by atoms with E-state index in [1.807, 2.05) is 24.3 Å². The molecule has 2 aliphatic rings. The molecule has 0 spiro atoms. The van der Waals surface area contributed by atoms with E-state index in [-0.39, 0.29) is 12.6 Å². The number of hydrogen-bond acceptors (Lipinski definition) is 4. The minimum atomic E-state index is -0.168. The summed E-state index contributed by atoms with van der Waals surface area (Å²) in [5.74, 6) is 1.34. The fourth-order valence-electron chi connectivity index (χ4n) is 2.78. The van der Waals surface area contributed by atoms with Crippen LogP contribution in [-0.4, -0.2) is 19.9 Å². The number of nitrogens with zero attached hydrogens (tertiary/aromatic N) is 1. The first kappa shape index (κ1) is 12.3. The average Bonchev–Trinajstić information content (AvgIpc) is 2.95. The Morgan fingerprint density at radius 3 is 2.81 bits per heavy atom. The Labute approximate surface area is 122 Å². The van der Waals surface area contributed by atoms with Crippen LogP contribution < -0.4 is 19.7 Å². The summed E-state index contributed by atoms with van der Waals surface area (Å²) in [4.78, 5) is 2.16. The Hall–Kier alpha value is -2.43. The van der Waals surface area contributed by atoms with Crippen molar-refractivity contribution in [2.24, 2.45) is 0 Å². The first-order valence-corrected chi connectivity index (χ1v) is 6.97. The molecule has 1 N–H and O–H groups in total. The number of rotatable bonds is 2. The molecule has 0 unspecified atom stereocenters. The molecule has 0 saturated carbocycles. The molecule has 108 valence electrons. The lowest BCUT2D eigenvalue weighted by Gasteiger charge is -2.32. The Balaban J connectivity index is 1.69. The van der Waals surface area contributed by atoms with Crippen LogP contribution in [0.4, 0.5) is 15.8 Å². The fourth-order valence-corrected chi connectivity index (χ4v) is 2.78. The molecule has 0 atom stereocenters. The van der Waals surface area contributed by atoms with Crippen LogP contribution in [0.5, 0.6) is 11.5 Å². The molecule has 0 saturated heterocycles. The van der Waals surface area contributed by atoms with Crippen molar-refractivity contribution in [2.75, 3.05) is 30.1 Å². The predicted octanol–water partition coefficient (Wildman–Crippen LogP) is 2.99. The molecule has 0 aliphatic carbocycles. The van der Waals surface area contributed by atoms with E-state index < -0.39 is 0 Å². The van der Waals surface area contributed by atoms with E-state index in [9.17, 15) is 4.39 Å². The standard InChI is InChI=1S/C16H15FN2O2/c17-12-4-2-1-3-11(12)9-19-6-5-18-13-7-15-16(8-14(13)19)21-10-20-15/h1-4,7-8,18H,5-6,9-10H2. The summed E-state index contributed by atoms with van der Waals surface area (Å²) < 4.78 is 24.7. The zero-order chi connectivity index (χ0) is 14.2. The van der Waals surface area contributed by atoms with Gasteiger partial charge in [-0.05, 0) is 6.07 Å². The molecule has 5 heteroatoms. The molecule has 2 aliphatic heterocycles. The Kier molecular flexibility index (Phi) is 2.84. The largest absolute Gasteiger partial charge is 0.454 e. The smallest absolute Gasteiger partial charge is 0.231 e. The lowest BCUT2D eigenvalue weighted by molar-refractivity contribution is 0.174. The van der Waals surface area contributed by atoms with Gasteiger partial charge >= 0.3 is 0 Å². The number of nitrogens with one attached hydrogen (secondary N) is 1. The molecule has 21 heavy (non-hydrogen) atoms. The zero-order valence-corrected chi connectivity index (χ0v) is 11.4. The van der Waals surface area contributed by atoms with Gasteiger partial charge in [-0.15, -0.1) is 0 Å². The van der Waals surface area contributed by atoms with Crippen LogP contribution in [-0.2, 0) is 6.54 Å². The number of halogens is 1. The minimum Gasteiger partial charge on any atom is -0.454 e. The van der Waals surface area contributed by atoms with Gasteiger partial charge in [-0.25, -0.2) is 4.39 Å². The van der Waals surface area contributed by atoms with E-state index in [2.05, 4.69) is 10.2 Å². The van der Waals surface area contributed by atoms with E-state index in [4.69, 9.17) is 9.47 Å². The van der Waals surface area contributed by atoms with Gasteiger partial charge in [0.15, 0.2) is 11.5 Å². The third-order valence-corrected chi connectivity index (χ3v) is 3.85. The molecule has 0 bridgehead atoms. The number of anilines is 2. The van der Waals surface area contributed by atoms with E-state index in [0.29, 0.717) is 12.1 Å². The maximum Gasteiger partial charge on any atom is 0.231 e. The zero-order valence-electron chi connectivity index (χ0n) is 11.4. The molecule has 4 nitrogen and oxygen atoms in total. The van der Waals surface area contributed by atoms with Gasteiger partial charge in [-0.1, -0.05) is 18.2 Å². The summed E-state index contributed by atoms with van der Waals surface area (Å²) in [6.45, 7) is 2.44. The Morgan fingerprint density at radius 2 is 1.95 bits per heavy atom. The molecule has 2 aromatic rings. The number of ether oxygens (including phenoxy) is 2. The van der Waals surface area contributed by atoms with E-state index in [1.165, 1.54) is 6.07 Å². The van der Waals surface area contributed by atoms with Crippen LogP contribution in [0.1, 0.15) is 5.56 Å². The highest BCUT2D eigenvalue weighted by atomic mass is 19.1. The van der Waals surface area contributed by atoms with Crippen LogP contribution in [0.25, 0.3) is 0 Å². The van der Waals surface area contributed by atoms with Gasteiger partial charge in [0, 0.05) is 37.3 Å². The highest BCUT2D eigenvalue weighted by Gasteiger charge is 2.23. The topological polar surface area (TPSA) is 33.7 Å². The van der Waals surface area contributed by atoms with E-state index in [1.54, 1.807) is 6.07 Å². The summed E-state index contributed by atoms with van der Waals surface area (Å²) in [5, 5.41) is 3.35. The van der Waals surface area contributed by atoms with Gasteiger partial charge < -0.3 is 19.7 Å². The predicted molar refractivity (Wildman–Crippen MR) is 78.5 cm³/mol. The molecule has 0 aromatic heterocycles. The third kappa shape index (κ3) is 2.14. The molecular formula is C16H15FN2O2. The molecule has 0 fully saturated rings. The maximum atomic E-state index is 13.9. The Morgan fingerprint density at radius 1 is 1.14 bits per heavy atom. The summed E-state index contributed by atoms with van der Waals surface area (Å²) in [6, 6.07) is 10.8. The van der Waals surface area contributed by atoms with Crippen LogP contribution in [0.15, 0.2) is 36.4 Å². The quantitative estimate of drug-likeness (QED) is 0.920. The Bertz CT molecular complexity index is 690. The van der Waals surface area contributed by atoms with Crippen molar-refractivity contribution < 1.29 is 13.9 Å². The van der Waals surface area contributed by atoms with Crippen LogP contribution in [0.2, 0.25) is 0 Å². The first-order valence-electron chi connectivity index (χ1n) is 6.97. The molecule has 2 aromatic carbocycles. The van der Waals surface area contributed by atoms with Crippen molar-refractivity contribution in [3.8, 4) is 11.5 Å². The second kappa shape index (κ2) is 4.84. The van der Waals surface area contributed by atoms with Gasteiger partial charge in [0.1, 0.15) is 5.82 Å². The minimum absolute atomic E-state index is 0.168. The first-order chi connectivity index (χ1) is 10.3. The molecule has 2 heterocycles. The molecule has 4 rings (SSSR count). The van der Waals surface area contributed by atoms with Crippen molar-refractivity contribution in [1.29, 1.82) is 0 Å². The van der Waals surface area contributed by atoms with E-state index >= 15 is 0 Å². The van der Waals surface area contributed by atoms with Crippen molar-refractivity contribution >= 4 is 11.4 Å². The summed E-state index contributed by atoms with van der Waals surface area (Å²) in [6.07, 6.45) is 0. The second-order valence-corrected chi connectivity index (χ2v) is 5.16. The lowest BCUT2D eigenvalue weighted by atomic mass is 10.1. The lowest BCUT2D eigenvalue weighted by Crippen LogP contribution is -2.33. The highest BCUT2D eigenvalue weighted by Crippen LogP contribution is 2.42. The summed E-state index contributed by atoms with van der Waals surface area (Å²) in [7, 11) is 0. The van der Waals surface area contributed by atoms with Gasteiger partial charge in [0.25, 0.3) is 0 Å². The SMILES string of the molecule is Fc1ccccc1CN1CCNc2cc3c(cc21)OCO3. The van der Waals surface area contributed by atoms with Gasteiger partial charge in [0.05, 0.1) is 11.4 Å². The van der Waals surface area contributed by atoms with Crippen molar-refractivity contribution in [1.82, 2.24) is 0 Å². The van der Waals surface area contributed by atoms with E-state index in [0.717, 1.165) is 36.0 Å².